The standard InChI is InChI=1S/C16H20N2OS/c1-10-13(17)9-14(20-10)15(19)18-12-7-5-11(6-8-12)16(2,3)4/h5-9H,17H2,1-4H3,(H,18,19). The number of hydrogen-bond acceptors (Lipinski definition) is 3. The second-order valence-corrected chi connectivity index (χ2v) is 7.16. The van der Waals surface area contributed by atoms with Crippen molar-refractivity contribution in [3.05, 3.63) is 45.6 Å². The minimum absolute atomic E-state index is 0.113. The molecule has 0 saturated heterocycles. The molecule has 0 radical (unpaired) electrons. The third kappa shape index (κ3) is 3.20. The quantitative estimate of drug-likeness (QED) is 0.870. The largest absolute Gasteiger partial charge is 0.398 e. The number of anilines is 2. The summed E-state index contributed by atoms with van der Waals surface area (Å²) in [5.41, 5.74) is 8.59. The predicted octanol–water partition coefficient (Wildman–Crippen LogP) is 4.19. The van der Waals surface area contributed by atoms with E-state index in [1.165, 1.54) is 16.9 Å². The fourth-order valence-corrected chi connectivity index (χ4v) is 2.69. The lowest BCUT2D eigenvalue weighted by Gasteiger charge is -2.19. The Balaban J connectivity index is 2.12. The first-order valence-electron chi connectivity index (χ1n) is 6.55. The minimum Gasteiger partial charge on any atom is -0.398 e. The Morgan fingerprint density at radius 2 is 1.80 bits per heavy atom. The van der Waals surface area contributed by atoms with Gasteiger partial charge in [-0.25, -0.2) is 0 Å². The maximum atomic E-state index is 12.1. The Kier molecular flexibility index (Phi) is 3.86. The molecule has 3 nitrogen and oxygen atoms in total. The molecule has 4 heteroatoms. The molecule has 1 heterocycles. The van der Waals surface area contributed by atoms with Crippen molar-refractivity contribution < 1.29 is 4.79 Å². The minimum atomic E-state index is -0.113. The molecular formula is C16H20N2OS. The van der Waals surface area contributed by atoms with Crippen LogP contribution in [0.4, 0.5) is 11.4 Å². The summed E-state index contributed by atoms with van der Waals surface area (Å²) in [7, 11) is 0. The monoisotopic (exact) mass is 288 g/mol. The summed E-state index contributed by atoms with van der Waals surface area (Å²) < 4.78 is 0. The van der Waals surface area contributed by atoms with E-state index >= 15 is 0 Å². The normalized spacial score (nSPS) is 11.4. The second kappa shape index (κ2) is 5.29. The predicted molar refractivity (Wildman–Crippen MR) is 86.6 cm³/mol. The number of rotatable bonds is 2. The van der Waals surface area contributed by atoms with Crippen molar-refractivity contribution in [2.75, 3.05) is 11.1 Å². The van der Waals surface area contributed by atoms with E-state index in [2.05, 4.69) is 26.1 Å². The number of nitrogens with one attached hydrogen (secondary N) is 1. The van der Waals surface area contributed by atoms with E-state index in [1.807, 2.05) is 31.2 Å². The van der Waals surface area contributed by atoms with Gasteiger partial charge in [0.25, 0.3) is 5.91 Å². The molecule has 0 fully saturated rings. The van der Waals surface area contributed by atoms with Gasteiger partial charge in [0.05, 0.1) is 4.88 Å². The van der Waals surface area contributed by atoms with Crippen molar-refractivity contribution in [1.82, 2.24) is 0 Å². The highest BCUT2D eigenvalue weighted by molar-refractivity contribution is 7.14. The first kappa shape index (κ1) is 14.6. The Morgan fingerprint density at radius 3 is 2.25 bits per heavy atom. The molecule has 0 aliphatic heterocycles. The van der Waals surface area contributed by atoms with Crippen molar-refractivity contribution in [3.8, 4) is 0 Å². The average Bonchev–Trinajstić information content (AvgIpc) is 2.69. The second-order valence-electron chi connectivity index (χ2n) is 5.90. The third-order valence-electron chi connectivity index (χ3n) is 3.19. The van der Waals surface area contributed by atoms with Gasteiger partial charge < -0.3 is 11.1 Å². The molecule has 2 aromatic rings. The molecule has 0 aliphatic rings. The van der Waals surface area contributed by atoms with Gasteiger partial charge in [-0.05, 0) is 36.1 Å². The fourth-order valence-electron chi connectivity index (χ4n) is 1.85. The molecule has 0 saturated carbocycles. The molecule has 20 heavy (non-hydrogen) atoms. The molecule has 0 atom stereocenters. The molecule has 0 spiro atoms. The Morgan fingerprint density at radius 1 is 1.20 bits per heavy atom. The van der Waals surface area contributed by atoms with Crippen molar-refractivity contribution in [2.24, 2.45) is 0 Å². The first-order chi connectivity index (χ1) is 9.27. The summed E-state index contributed by atoms with van der Waals surface area (Å²) in [6.07, 6.45) is 0. The highest BCUT2D eigenvalue weighted by Gasteiger charge is 2.14. The van der Waals surface area contributed by atoms with E-state index in [-0.39, 0.29) is 11.3 Å². The zero-order chi connectivity index (χ0) is 14.9. The van der Waals surface area contributed by atoms with E-state index in [1.54, 1.807) is 6.07 Å². The van der Waals surface area contributed by atoms with Crippen LogP contribution in [0, 0.1) is 6.92 Å². The van der Waals surface area contributed by atoms with Crippen LogP contribution in [0.1, 0.15) is 40.9 Å². The summed E-state index contributed by atoms with van der Waals surface area (Å²) in [6.45, 7) is 8.41. The van der Waals surface area contributed by atoms with E-state index in [9.17, 15) is 4.79 Å². The fraction of sp³-hybridized carbons (Fsp3) is 0.312. The van der Waals surface area contributed by atoms with Gasteiger partial charge >= 0.3 is 0 Å². The zero-order valence-electron chi connectivity index (χ0n) is 12.3. The van der Waals surface area contributed by atoms with Crippen molar-refractivity contribution in [3.63, 3.8) is 0 Å². The summed E-state index contributed by atoms with van der Waals surface area (Å²) in [5.74, 6) is -0.113. The summed E-state index contributed by atoms with van der Waals surface area (Å²) in [5, 5.41) is 2.89. The molecule has 1 amide bonds. The average molecular weight is 288 g/mol. The van der Waals surface area contributed by atoms with Gasteiger partial charge in [-0.2, -0.15) is 0 Å². The number of nitrogens with two attached hydrogens (primary N) is 1. The molecular weight excluding hydrogens is 268 g/mol. The molecule has 1 aromatic carbocycles. The van der Waals surface area contributed by atoms with Crippen LogP contribution in [0.15, 0.2) is 30.3 Å². The zero-order valence-corrected chi connectivity index (χ0v) is 13.1. The van der Waals surface area contributed by atoms with E-state index < -0.39 is 0 Å². The van der Waals surface area contributed by atoms with Gasteiger partial charge in [0.15, 0.2) is 0 Å². The lowest BCUT2D eigenvalue weighted by molar-refractivity contribution is 0.103. The van der Waals surface area contributed by atoms with Gasteiger partial charge in [-0.15, -0.1) is 11.3 Å². The molecule has 0 aliphatic carbocycles. The van der Waals surface area contributed by atoms with Crippen LogP contribution in [0.3, 0.4) is 0 Å². The summed E-state index contributed by atoms with van der Waals surface area (Å²) >= 11 is 1.41. The lowest BCUT2D eigenvalue weighted by atomic mass is 9.87. The van der Waals surface area contributed by atoms with Gasteiger partial charge in [0.2, 0.25) is 0 Å². The smallest absolute Gasteiger partial charge is 0.265 e. The number of amides is 1. The topological polar surface area (TPSA) is 55.1 Å². The highest BCUT2D eigenvalue weighted by Crippen LogP contribution is 2.26. The van der Waals surface area contributed by atoms with Crippen LogP contribution in [0.5, 0.6) is 0 Å². The summed E-state index contributed by atoms with van der Waals surface area (Å²) in [6, 6.07) is 9.68. The van der Waals surface area contributed by atoms with Crippen molar-refractivity contribution in [1.29, 1.82) is 0 Å². The van der Waals surface area contributed by atoms with Crippen molar-refractivity contribution in [2.45, 2.75) is 33.1 Å². The number of thiophene rings is 1. The van der Waals surface area contributed by atoms with E-state index in [4.69, 9.17) is 5.73 Å². The highest BCUT2D eigenvalue weighted by atomic mass is 32.1. The van der Waals surface area contributed by atoms with Crippen LogP contribution in [-0.4, -0.2) is 5.91 Å². The Labute approximate surface area is 123 Å². The number of aryl methyl sites for hydroxylation is 1. The molecule has 0 unspecified atom stereocenters. The number of benzene rings is 1. The van der Waals surface area contributed by atoms with Crippen LogP contribution in [-0.2, 0) is 5.41 Å². The maximum Gasteiger partial charge on any atom is 0.265 e. The van der Waals surface area contributed by atoms with Crippen LogP contribution in [0.25, 0.3) is 0 Å². The first-order valence-corrected chi connectivity index (χ1v) is 7.37. The van der Waals surface area contributed by atoms with Crippen LogP contribution >= 0.6 is 11.3 Å². The van der Waals surface area contributed by atoms with Gasteiger partial charge in [-0.1, -0.05) is 32.9 Å². The van der Waals surface area contributed by atoms with Crippen molar-refractivity contribution >= 4 is 28.6 Å². The SMILES string of the molecule is Cc1sc(C(=O)Nc2ccc(C(C)(C)C)cc2)cc1N. The Bertz CT molecular complexity index is 601. The number of carbonyl (C=O) groups excluding carboxylic acids is 1. The number of hydrogen-bond donors (Lipinski definition) is 2. The number of nitrogen functional groups attached to an aromatic ring is 1. The maximum absolute atomic E-state index is 12.1. The molecule has 1 aromatic heterocycles. The molecule has 3 N–H and O–H groups in total. The van der Waals surface area contributed by atoms with Gasteiger partial charge in [0, 0.05) is 16.3 Å². The van der Waals surface area contributed by atoms with Crippen LogP contribution < -0.4 is 11.1 Å². The lowest BCUT2D eigenvalue weighted by Crippen LogP contribution is -2.12. The summed E-state index contributed by atoms with van der Waals surface area (Å²) in [4.78, 5) is 13.7. The molecule has 2 rings (SSSR count). The number of carbonyl (C=O) groups is 1. The van der Waals surface area contributed by atoms with E-state index in [0.29, 0.717) is 10.6 Å². The third-order valence-corrected chi connectivity index (χ3v) is 4.25. The van der Waals surface area contributed by atoms with Gasteiger partial charge in [0.1, 0.15) is 0 Å². The van der Waals surface area contributed by atoms with Gasteiger partial charge in [-0.3, -0.25) is 4.79 Å². The molecule has 0 bridgehead atoms. The molecule has 106 valence electrons. The van der Waals surface area contributed by atoms with E-state index in [0.717, 1.165) is 10.6 Å². The Hall–Kier alpha value is -1.81. The van der Waals surface area contributed by atoms with Crippen LogP contribution in [0.2, 0.25) is 0 Å².